The van der Waals surface area contributed by atoms with Crippen molar-refractivity contribution in [1.82, 2.24) is 0 Å². The van der Waals surface area contributed by atoms with Gasteiger partial charge >= 0.3 is 0 Å². The lowest BCUT2D eigenvalue weighted by Gasteiger charge is -2.27. The van der Waals surface area contributed by atoms with Crippen molar-refractivity contribution in [3.8, 4) is 5.75 Å². The number of anilines is 1. The van der Waals surface area contributed by atoms with Crippen molar-refractivity contribution >= 4 is 5.69 Å². The standard InChI is InChI=1S/C14H22N2O2/c1-16(2)12-4-3-5-13(8-12)18-10-14(15,9-17)11-6-7-11/h3-5,8,11,17H,6-7,9-10,15H2,1-2H3. The van der Waals surface area contributed by atoms with E-state index in [-0.39, 0.29) is 6.61 Å². The number of nitrogens with zero attached hydrogens (tertiary/aromatic N) is 1. The predicted molar refractivity (Wildman–Crippen MR) is 73.0 cm³/mol. The third kappa shape index (κ3) is 2.94. The molecule has 0 heterocycles. The number of ether oxygens (including phenoxy) is 1. The van der Waals surface area contributed by atoms with Gasteiger partial charge in [-0.15, -0.1) is 0 Å². The van der Waals surface area contributed by atoms with E-state index in [1.807, 2.05) is 43.3 Å². The molecule has 1 aromatic rings. The summed E-state index contributed by atoms with van der Waals surface area (Å²) in [5, 5.41) is 9.40. The highest BCUT2D eigenvalue weighted by molar-refractivity contribution is 5.49. The molecule has 0 aromatic heterocycles. The van der Waals surface area contributed by atoms with E-state index < -0.39 is 5.54 Å². The molecular weight excluding hydrogens is 228 g/mol. The van der Waals surface area contributed by atoms with Crippen molar-refractivity contribution in [1.29, 1.82) is 0 Å². The van der Waals surface area contributed by atoms with E-state index in [4.69, 9.17) is 10.5 Å². The number of nitrogens with two attached hydrogens (primary N) is 1. The Bertz CT molecular complexity index is 405. The van der Waals surface area contributed by atoms with Crippen molar-refractivity contribution in [2.24, 2.45) is 11.7 Å². The SMILES string of the molecule is CN(C)c1cccc(OCC(N)(CO)C2CC2)c1. The molecule has 1 aliphatic rings. The molecular formula is C14H22N2O2. The topological polar surface area (TPSA) is 58.7 Å². The van der Waals surface area contributed by atoms with E-state index in [0.29, 0.717) is 12.5 Å². The Morgan fingerprint density at radius 3 is 2.72 bits per heavy atom. The Hall–Kier alpha value is -1.26. The van der Waals surface area contributed by atoms with E-state index >= 15 is 0 Å². The van der Waals surface area contributed by atoms with Crippen LogP contribution in [0.25, 0.3) is 0 Å². The first-order chi connectivity index (χ1) is 8.55. The lowest BCUT2D eigenvalue weighted by Crippen LogP contribution is -2.51. The first-order valence-corrected chi connectivity index (χ1v) is 6.35. The molecule has 0 radical (unpaired) electrons. The Morgan fingerprint density at radius 1 is 1.44 bits per heavy atom. The van der Waals surface area contributed by atoms with E-state index in [1.165, 1.54) is 0 Å². The molecule has 1 atom stereocenters. The first kappa shape index (κ1) is 13.2. The van der Waals surface area contributed by atoms with Crippen LogP contribution >= 0.6 is 0 Å². The lowest BCUT2D eigenvalue weighted by atomic mass is 9.97. The van der Waals surface area contributed by atoms with Crippen molar-refractivity contribution in [3.05, 3.63) is 24.3 Å². The molecule has 0 bridgehead atoms. The summed E-state index contributed by atoms with van der Waals surface area (Å²) in [6.07, 6.45) is 2.19. The van der Waals surface area contributed by atoms with Crippen LogP contribution in [0.5, 0.6) is 5.75 Å². The molecule has 4 heteroatoms. The van der Waals surface area contributed by atoms with E-state index in [9.17, 15) is 5.11 Å². The summed E-state index contributed by atoms with van der Waals surface area (Å²) in [6, 6.07) is 7.87. The van der Waals surface area contributed by atoms with Gasteiger partial charge in [-0.3, -0.25) is 0 Å². The Labute approximate surface area is 108 Å². The number of benzene rings is 1. The summed E-state index contributed by atoms with van der Waals surface area (Å²) in [5.41, 5.74) is 6.66. The Balaban J connectivity index is 1.99. The van der Waals surface area contributed by atoms with Gasteiger partial charge in [0.1, 0.15) is 12.4 Å². The van der Waals surface area contributed by atoms with E-state index in [1.54, 1.807) is 0 Å². The van der Waals surface area contributed by atoms with Crippen LogP contribution in [0, 0.1) is 5.92 Å². The average Bonchev–Trinajstić information content (AvgIpc) is 3.21. The molecule has 1 fully saturated rings. The minimum Gasteiger partial charge on any atom is -0.491 e. The van der Waals surface area contributed by atoms with Crippen molar-refractivity contribution in [3.63, 3.8) is 0 Å². The maximum absolute atomic E-state index is 9.40. The highest BCUT2D eigenvalue weighted by Gasteiger charge is 2.42. The largest absolute Gasteiger partial charge is 0.491 e. The molecule has 1 aliphatic carbocycles. The van der Waals surface area contributed by atoms with E-state index in [0.717, 1.165) is 24.3 Å². The normalized spacial score (nSPS) is 18.2. The van der Waals surface area contributed by atoms with Crippen molar-refractivity contribution in [2.75, 3.05) is 32.2 Å². The first-order valence-electron chi connectivity index (χ1n) is 6.35. The van der Waals surface area contributed by atoms with Gasteiger partial charge in [0.25, 0.3) is 0 Å². The molecule has 2 rings (SSSR count). The molecule has 1 unspecified atom stereocenters. The van der Waals surface area contributed by atoms with Crippen molar-refractivity contribution < 1.29 is 9.84 Å². The highest BCUT2D eigenvalue weighted by atomic mass is 16.5. The van der Waals surface area contributed by atoms with Crippen LogP contribution in [-0.4, -0.2) is 38.0 Å². The third-order valence-corrected chi connectivity index (χ3v) is 3.53. The average molecular weight is 250 g/mol. The van der Waals surface area contributed by atoms with Crippen LogP contribution in [-0.2, 0) is 0 Å². The van der Waals surface area contributed by atoms with Gasteiger partial charge < -0.3 is 20.5 Å². The van der Waals surface area contributed by atoms with Gasteiger partial charge in [-0.05, 0) is 30.9 Å². The van der Waals surface area contributed by atoms with Crippen LogP contribution in [0.15, 0.2) is 24.3 Å². The molecule has 0 saturated heterocycles. The molecule has 4 nitrogen and oxygen atoms in total. The Kier molecular flexibility index (Phi) is 3.78. The van der Waals surface area contributed by atoms with Crippen LogP contribution in [0.3, 0.4) is 0 Å². The molecule has 3 N–H and O–H groups in total. The number of rotatable bonds is 6. The smallest absolute Gasteiger partial charge is 0.121 e. The number of hydrogen-bond donors (Lipinski definition) is 2. The van der Waals surface area contributed by atoms with Gasteiger partial charge in [0.2, 0.25) is 0 Å². The van der Waals surface area contributed by atoms with Gasteiger partial charge in [-0.25, -0.2) is 0 Å². The van der Waals surface area contributed by atoms with Gasteiger partial charge in [0.05, 0.1) is 12.1 Å². The zero-order chi connectivity index (χ0) is 13.2. The number of aliphatic hydroxyl groups excluding tert-OH is 1. The second kappa shape index (κ2) is 5.16. The number of hydrogen-bond acceptors (Lipinski definition) is 4. The minimum atomic E-state index is -0.589. The molecule has 0 spiro atoms. The summed E-state index contributed by atoms with van der Waals surface area (Å²) in [6.45, 7) is 0.343. The zero-order valence-corrected chi connectivity index (χ0v) is 11.1. The summed E-state index contributed by atoms with van der Waals surface area (Å²) in [5.74, 6) is 1.20. The molecule has 1 aromatic carbocycles. The quantitative estimate of drug-likeness (QED) is 0.797. The summed E-state index contributed by atoms with van der Waals surface area (Å²) in [7, 11) is 3.98. The fourth-order valence-electron chi connectivity index (χ4n) is 2.02. The molecule has 18 heavy (non-hydrogen) atoms. The second-order valence-corrected chi connectivity index (χ2v) is 5.35. The summed E-state index contributed by atoms with van der Waals surface area (Å²) < 4.78 is 5.74. The minimum absolute atomic E-state index is 0.0228. The summed E-state index contributed by atoms with van der Waals surface area (Å²) in [4.78, 5) is 2.02. The van der Waals surface area contributed by atoms with Gasteiger partial charge in [-0.2, -0.15) is 0 Å². The lowest BCUT2D eigenvalue weighted by molar-refractivity contribution is 0.117. The fourth-order valence-corrected chi connectivity index (χ4v) is 2.02. The number of aliphatic hydroxyl groups is 1. The third-order valence-electron chi connectivity index (χ3n) is 3.53. The maximum atomic E-state index is 9.40. The fraction of sp³-hybridized carbons (Fsp3) is 0.571. The van der Waals surface area contributed by atoms with Gasteiger partial charge in [-0.1, -0.05) is 6.07 Å². The molecule has 1 saturated carbocycles. The monoisotopic (exact) mass is 250 g/mol. The zero-order valence-electron chi connectivity index (χ0n) is 11.1. The van der Waals surface area contributed by atoms with Crippen LogP contribution in [0.2, 0.25) is 0 Å². The molecule has 100 valence electrons. The summed E-state index contributed by atoms with van der Waals surface area (Å²) >= 11 is 0. The van der Waals surface area contributed by atoms with E-state index in [2.05, 4.69) is 0 Å². The Morgan fingerprint density at radius 2 is 2.17 bits per heavy atom. The molecule has 0 aliphatic heterocycles. The van der Waals surface area contributed by atoms with Crippen LogP contribution in [0.1, 0.15) is 12.8 Å². The van der Waals surface area contributed by atoms with Crippen LogP contribution < -0.4 is 15.4 Å². The van der Waals surface area contributed by atoms with Gasteiger partial charge in [0.15, 0.2) is 0 Å². The van der Waals surface area contributed by atoms with Gasteiger partial charge in [0, 0.05) is 25.8 Å². The maximum Gasteiger partial charge on any atom is 0.121 e. The highest BCUT2D eigenvalue weighted by Crippen LogP contribution is 2.38. The van der Waals surface area contributed by atoms with Crippen molar-refractivity contribution in [2.45, 2.75) is 18.4 Å². The predicted octanol–water partition coefficient (Wildman–Crippen LogP) is 1.23. The molecule has 0 amide bonds. The second-order valence-electron chi connectivity index (χ2n) is 5.35. The van der Waals surface area contributed by atoms with Crippen LogP contribution in [0.4, 0.5) is 5.69 Å².